The Balaban J connectivity index is 1.55. The van der Waals surface area contributed by atoms with Crippen LogP contribution < -0.4 is 5.32 Å². The summed E-state index contributed by atoms with van der Waals surface area (Å²) >= 11 is 0. The van der Waals surface area contributed by atoms with E-state index in [1.54, 1.807) is 0 Å². The van der Waals surface area contributed by atoms with Crippen LogP contribution in [0.25, 0.3) is 0 Å². The van der Waals surface area contributed by atoms with Crippen molar-refractivity contribution in [3.05, 3.63) is 11.7 Å². The molecule has 0 saturated heterocycles. The van der Waals surface area contributed by atoms with Crippen LogP contribution in [0.5, 0.6) is 0 Å². The van der Waals surface area contributed by atoms with Crippen LogP contribution >= 0.6 is 0 Å². The van der Waals surface area contributed by atoms with E-state index in [0.29, 0.717) is 31.1 Å². The topological polar surface area (TPSA) is 97.5 Å². The number of aliphatic hydroxyl groups is 1. The molecule has 0 aliphatic heterocycles. The van der Waals surface area contributed by atoms with E-state index in [1.165, 1.54) is 0 Å². The van der Waals surface area contributed by atoms with Crippen LogP contribution in [0.2, 0.25) is 0 Å². The van der Waals surface area contributed by atoms with Crippen molar-refractivity contribution in [2.45, 2.75) is 88.9 Å². The zero-order valence-electron chi connectivity index (χ0n) is 14.7. The van der Waals surface area contributed by atoms with E-state index in [2.05, 4.69) is 15.5 Å². The van der Waals surface area contributed by atoms with Crippen molar-refractivity contribution in [2.24, 2.45) is 0 Å². The fourth-order valence-electron chi connectivity index (χ4n) is 3.23. The lowest BCUT2D eigenvalue weighted by atomic mass is 9.79. The second-order valence-electron chi connectivity index (χ2n) is 8.16. The van der Waals surface area contributed by atoms with Gasteiger partial charge in [-0.15, -0.1) is 0 Å². The van der Waals surface area contributed by atoms with Gasteiger partial charge in [-0.3, -0.25) is 0 Å². The third-order valence-corrected chi connectivity index (χ3v) is 4.45. The van der Waals surface area contributed by atoms with Gasteiger partial charge in [0.15, 0.2) is 5.82 Å². The highest BCUT2D eigenvalue weighted by atomic mass is 16.6. The third kappa shape index (κ3) is 4.69. The molecule has 2 atom stereocenters. The van der Waals surface area contributed by atoms with Gasteiger partial charge in [-0.2, -0.15) is 4.98 Å². The third-order valence-electron chi connectivity index (χ3n) is 4.45. The zero-order valence-corrected chi connectivity index (χ0v) is 14.7. The summed E-state index contributed by atoms with van der Waals surface area (Å²) in [6, 6.07) is -0.107. The minimum Gasteiger partial charge on any atom is -0.444 e. The summed E-state index contributed by atoms with van der Waals surface area (Å²) in [4.78, 5) is 16.3. The van der Waals surface area contributed by atoms with Crippen molar-refractivity contribution >= 4 is 6.09 Å². The first-order valence-electron chi connectivity index (χ1n) is 8.77. The van der Waals surface area contributed by atoms with Crippen molar-refractivity contribution < 1.29 is 19.2 Å². The lowest BCUT2D eigenvalue weighted by Crippen LogP contribution is -2.48. The number of ether oxygens (including phenoxy) is 1. The zero-order chi connectivity index (χ0) is 17.4. The molecule has 0 unspecified atom stereocenters. The summed E-state index contributed by atoms with van der Waals surface area (Å²) in [5.41, 5.74) is -1.46. The van der Waals surface area contributed by atoms with Gasteiger partial charge in [0.25, 0.3) is 0 Å². The van der Waals surface area contributed by atoms with Gasteiger partial charge in [-0.25, -0.2) is 4.79 Å². The summed E-state index contributed by atoms with van der Waals surface area (Å²) in [6.45, 7) is 5.49. The highest BCUT2D eigenvalue weighted by Gasteiger charge is 2.38. The quantitative estimate of drug-likeness (QED) is 0.876. The van der Waals surface area contributed by atoms with Gasteiger partial charge < -0.3 is 19.7 Å². The van der Waals surface area contributed by atoms with Crippen LogP contribution in [-0.4, -0.2) is 38.6 Å². The summed E-state index contributed by atoms with van der Waals surface area (Å²) in [5.74, 6) is 1.68. The fourth-order valence-corrected chi connectivity index (χ4v) is 3.23. The second-order valence-corrected chi connectivity index (χ2v) is 8.16. The predicted octanol–water partition coefficient (Wildman–Crippen LogP) is 2.69. The number of amides is 1. The van der Waals surface area contributed by atoms with E-state index in [1.807, 2.05) is 20.8 Å². The highest BCUT2D eigenvalue weighted by molar-refractivity contribution is 5.68. The molecule has 3 rings (SSSR count). The van der Waals surface area contributed by atoms with Gasteiger partial charge in [0, 0.05) is 12.0 Å². The number of aromatic nitrogens is 2. The average Bonchev–Trinajstić information content (AvgIpc) is 3.17. The monoisotopic (exact) mass is 337 g/mol. The van der Waals surface area contributed by atoms with Crippen LogP contribution in [0.1, 0.15) is 76.9 Å². The predicted molar refractivity (Wildman–Crippen MR) is 86.6 cm³/mol. The normalized spacial score (nSPS) is 27.8. The van der Waals surface area contributed by atoms with Gasteiger partial charge in [-0.1, -0.05) is 5.16 Å². The van der Waals surface area contributed by atoms with Gasteiger partial charge in [-0.05, 0) is 59.3 Å². The van der Waals surface area contributed by atoms with Gasteiger partial charge in [0.2, 0.25) is 5.89 Å². The Hall–Kier alpha value is -1.63. The number of nitrogens with one attached hydrogen (secondary N) is 1. The van der Waals surface area contributed by atoms with Gasteiger partial charge in [0.05, 0.1) is 12.0 Å². The maximum absolute atomic E-state index is 11.9. The number of hydrogen-bond donors (Lipinski definition) is 2. The molecule has 2 N–H and O–H groups in total. The Morgan fingerprint density at radius 3 is 2.83 bits per heavy atom. The average molecular weight is 337 g/mol. The molecule has 0 bridgehead atoms. The molecule has 7 heteroatoms. The van der Waals surface area contributed by atoms with Crippen molar-refractivity contribution in [1.82, 2.24) is 15.5 Å². The van der Waals surface area contributed by atoms with Crippen LogP contribution in [0.3, 0.4) is 0 Å². The fraction of sp³-hybridized carbons (Fsp3) is 0.824. The maximum atomic E-state index is 11.9. The van der Waals surface area contributed by atoms with Crippen molar-refractivity contribution in [2.75, 3.05) is 0 Å². The minimum absolute atomic E-state index is 0.107. The lowest BCUT2D eigenvalue weighted by Gasteiger charge is -2.36. The minimum atomic E-state index is -0.925. The largest absolute Gasteiger partial charge is 0.444 e. The molecule has 1 aromatic rings. The first-order chi connectivity index (χ1) is 11.2. The summed E-state index contributed by atoms with van der Waals surface area (Å²) < 4.78 is 10.6. The van der Waals surface area contributed by atoms with Crippen LogP contribution in [0.4, 0.5) is 4.79 Å². The Kier molecular flexibility index (Phi) is 4.55. The molecule has 0 spiro atoms. The smallest absolute Gasteiger partial charge is 0.407 e. The Bertz CT molecular complexity index is 591. The number of alkyl carbamates (subject to hydrolysis) is 1. The number of rotatable bonds is 4. The van der Waals surface area contributed by atoms with E-state index in [-0.39, 0.29) is 6.04 Å². The molecule has 0 radical (unpaired) electrons. The molecule has 1 aromatic heterocycles. The number of hydrogen-bond acceptors (Lipinski definition) is 6. The number of nitrogens with zero attached hydrogens (tertiary/aromatic N) is 2. The molecule has 0 aromatic carbocycles. The Morgan fingerprint density at radius 1 is 1.42 bits per heavy atom. The molecule has 1 amide bonds. The van der Waals surface area contributed by atoms with E-state index in [0.717, 1.165) is 31.5 Å². The summed E-state index contributed by atoms with van der Waals surface area (Å²) in [5, 5.41) is 17.7. The SMILES string of the molecule is CC(C)(C)OC(=O)N[C@@H]1CCC[C@@](O)(Cc2nc(C3CC3)no2)C1. The van der Waals surface area contributed by atoms with Crippen molar-refractivity contribution in [3.8, 4) is 0 Å². The van der Waals surface area contributed by atoms with Crippen LogP contribution in [-0.2, 0) is 11.2 Å². The van der Waals surface area contributed by atoms with Crippen molar-refractivity contribution in [1.29, 1.82) is 0 Å². The van der Waals surface area contributed by atoms with Crippen LogP contribution in [0, 0.1) is 0 Å². The summed E-state index contributed by atoms with van der Waals surface area (Å²) in [7, 11) is 0. The van der Waals surface area contributed by atoms with E-state index in [9.17, 15) is 9.90 Å². The number of carbonyl (C=O) groups is 1. The first kappa shape index (κ1) is 17.2. The van der Waals surface area contributed by atoms with Crippen LogP contribution in [0.15, 0.2) is 4.52 Å². The molecule has 134 valence electrons. The van der Waals surface area contributed by atoms with E-state index >= 15 is 0 Å². The molecular formula is C17H27N3O4. The van der Waals surface area contributed by atoms with E-state index < -0.39 is 17.3 Å². The van der Waals surface area contributed by atoms with Gasteiger partial charge >= 0.3 is 6.09 Å². The highest BCUT2D eigenvalue weighted by Crippen LogP contribution is 2.38. The van der Waals surface area contributed by atoms with Crippen molar-refractivity contribution in [3.63, 3.8) is 0 Å². The lowest BCUT2D eigenvalue weighted by molar-refractivity contribution is -0.0149. The Morgan fingerprint density at radius 2 is 2.17 bits per heavy atom. The molecule has 24 heavy (non-hydrogen) atoms. The molecule has 7 nitrogen and oxygen atoms in total. The number of carbonyl (C=O) groups excluding carboxylic acids is 1. The summed E-state index contributed by atoms with van der Waals surface area (Å²) in [6.07, 6.45) is 4.92. The molecule has 2 aliphatic carbocycles. The molecule has 2 saturated carbocycles. The molecule has 2 fully saturated rings. The molecular weight excluding hydrogens is 310 g/mol. The molecule has 2 aliphatic rings. The van der Waals surface area contributed by atoms with Gasteiger partial charge in [0.1, 0.15) is 5.60 Å². The first-order valence-corrected chi connectivity index (χ1v) is 8.77. The van der Waals surface area contributed by atoms with E-state index in [4.69, 9.17) is 9.26 Å². The second kappa shape index (κ2) is 6.35. The Labute approximate surface area is 142 Å². The standard InChI is InChI=1S/C17H27N3O4/c1-16(2,3)23-15(21)18-12-5-4-8-17(22,9-12)10-13-19-14(20-24-13)11-6-7-11/h11-12,22H,4-10H2,1-3H3,(H,18,21)/t12-,17+/m1/s1. The molecule has 1 heterocycles. The maximum Gasteiger partial charge on any atom is 0.407 e.